The third-order valence-electron chi connectivity index (χ3n) is 3.61. The first-order valence-corrected chi connectivity index (χ1v) is 7.79. The first-order valence-electron chi connectivity index (χ1n) is 6.60. The van der Waals surface area contributed by atoms with Crippen molar-refractivity contribution in [3.05, 3.63) is 48.0 Å². The third-order valence-corrected chi connectivity index (χ3v) is 5.44. The summed E-state index contributed by atoms with van der Waals surface area (Å²) in [5.74, 6) is 0.189. The second-order valence-electron chi connectivity index (χ2n) is 4.91. The minimum Gasteiger partial charge on any atom is -0.508 e. The average molecular weight is 336 g/mol. The molecule has 2 aromatic rings. The molecule has 0 bridgehead atoms. The number of hydrogen-bond donors (Lipinski definition) is 1. The highest BCUT2D eigenvalue weighted by molar-refractivity contribution is 8.02. The van der Waals surface area contributed by atoms with Crippen molar-refractivity contribution in [1.29, 1.82) is 0 Å². The lowest BCUT2D eigenvalue weighted by Gasteiger charge is -2.36. The molecule has 0 fully saturated rings. The summed E-state index contributed by atoms with van der Waals surface area (Å²) in [6, 6.07) is 12.2. The Morgan fingerprint density at radius 2 is 2.00 bits per heavy atom. The van der Waals surface area contributed by atoms with Crippen LogP contribution in [0.2, 0.25) is 0 Å². The number of rotatable bonds is 2. The van der Waals surface area contributed by atoms with Gasteiger partial charge in [-0.15, -0.1) is 0 Å². The number of benzene rings is 2. The molecule has 1 aliphatic rings. The molecule has 0 saturated carbocycles. The molecule has 1 unspecified atom stereocenters. The molecule has 6 heteroatoms. The summed E-state index contributed by atoms with van der Waals surface area (Å²) in [7, 11) is 3.20. The second-order valence-corrected chi connectivity index (χ2v) is 6.96. The summed E-state index contributed by atoms with van der Waals surface area (Å²) in [6.07, 6.45) is 0. The Morgan fingerprint density at radius 3 is 2.73 bits per heavy atom. The second kappa shape index (κ2) is 5.41. The normalized spacial score (nSPS) is 20.7. The van der Waals surface area contributed by atoms with Gasteiger partial charge in [0, 0.05) is 17.5 Å². The molecule has 1 N–H and O–H groups in total. The minimum atomic E-state index is -1.43. The Balaban J connectivity index is 2.16. The highest BCUT2D eigenvalue weighted by atomic mass is 35.5. The summed E-state index contributed by atoms with van der Waals surface area (Å²) in [6.45, 7) is 0. The van der Waals surface area contributed by atoms with E-state index >= 15 is 0 Å². The van der Waals surface area contributed by atoms with E-state index in [0.29, 0.717) is 11.3 Å². The molecular formula is C16H14ClNO3S. The lowest BCUT2D eigenvalue weighted by Crippen LogP contribution is -2.42. The molecule has 4 nitrogen and oxygen atoms in total. The van der Waals surface area contributed by atoms with Crippen molar-refractivity contribution in [3.8, 4) is 11.5 Å². The molecule has 0 spiro atoms. The number of phenols is 1. The highest BCUT2D eigenvalue weighted by Crippen LogP contribution is 2.55. The molecule has 0 aliphatic carbocycles. The highest BCUT2D eigenvalue weighted by Gasteiger charge is 2.47. The molecule has 1 amide bonds. The number of fused-ring (bicyclic) bond motifs is 1. The Kier molecular flexibility index (Phi) is 3.70. The van der Waals surface area contributed by atoms with Crippen molar-refractivity contribution in [2.24, 2.45) is 0 Å². The third kappa shape index (κ3) is 2.21. The summed E-state index contributed by atoms with van der Waals surface area (Å²) in [5.41, 5.74) is 1.13. The van der Waals surface area contributed by atoms with Crippen molar-refractivity contribution in [1.82, 2.24) is 0 Å². The Hall–Kier alpha value is -1.85. The molecule has 1 atom stereocenters. The number of thioether (sulfide) groups is 1. The van der Waals surface area contributed by atoms with Gasteiger partial charge in [0.1, 0.15) is 11.5 Å². The maximum Gasteiger partial charge on any atom is 0.263 e. The number of aromatic hydroxyl groups is 1. The van der Waals surface area contributed by atoms with E-state index in [9.17, 15) is 9.90 Å². The zero-order chi connectivity index (χ0) is 15.9. The van der Waals surface area contributed by atoms with E-state index in [1.807, 2.05) is 24.3 Å². The number of likely N-dealkylation sites (N-methyl/N-ethyl adjacent to an activating group) is 1. The number of alkyl halides is 1. The van der Waals surface area contributed by atoms with Crippen LogP contribution in [0.5, 0.6) is 11.5 Å². The van der Waals surface area contributed by atoms with Crippen LogP contribution in [0.4, 0.5) is 5.69 Å². The number of amides is 1. The number of hydrogen-bond acceptors (Lipinski definition) is 4. The van der Waals surface area contributed by atoms with Gasteiger partial charge in [-0.25, -0.2) is 0 Å². The SMILES string of the molecule is COc1ccc(O)c(C2(Cl)Sc3ccccc3N(C)C2=O)c1. The lowest BCUT2D eigenvalue weighted by atomic mass is 10.1. The van der Waals surface area contributed by atoms with Crippen molar-refractivity contribution in [2.45, 2.75) is 9.10 Å². The number of nitrogens with zero attached hydrogens (tertiary/aromatic N) is 1. The number of para-hydroxylation sites is 1. The van der Waals surface area contributed by atoms with Crippen molar-refractivity contribution in [3.63, 3.8) is 0 Å². The number of phenolic OH excluding ortho intramolecular Hbond substituents is 1. The molecule has 1 aliphatic heterocycles. The number of methoxy groups -OCH3 is 1. The van der Waals surface area contributed by atoms with Gasteiger partial charge >= 0.3 is 0 Å². The number of ether oxygens (including phenoxy) is 1. The first-order chi connectivity index (χ1) is 10.5. The maximum atomic E-state index is 12.8. The van der Waals surface area contributed by atoms with Gasteiger partial charge in [0.2, 0.25) is 4.21 Å². The van der Waals surface area contributed by atoms with Crippen LogP contribution in [0.25, 0.3) is 0 Å². The van der Waals surface area contributed by atoms with Crippen molar-refractivity contribution < 1.29 is 14.6 Å². The molecule has 0 saturated heterocycles. The Labute approximate surface area is 137 Å². The smallest absolute Gasteiger partial charge is 0.263 e. The van der Waals surface area contributed by atoms with Gasteiger partial charge in [0.15, 0.2) is 0 Å². The van der Waals surface area contributed by atoms with Gasteiger partial charge in [-0.3, -0.25) is 4.79 Å². The number of anilines is 1. The fraction of sp³-hybridized carbons (Fsp3) is 0.188. The molecule has 1 heterocycles. The van der Waals surface area contributed by atoms with Crippen LogP contribution in [0, 0.1) is 0 Å². The minimum absolute atomic E-state index is 0.0376. The van der Waals surface area contributed by atoms with Gasteiger partial charge in [-0.1, -0.05) is 35.5 Å². The topological polar surface area (TPSA) is 49.8 Å². The van der Waals surface area contributed by atoms with Gasteiger partial charge in [-0.2, -0.15) is 0 Å². The quantitative estimate of drug-likeness (QED) is 0.852. The summed E-state index contributed by atoms with van der Waals surface area (Å²) < 4.78 is 3.74. The van der Waals surface area contributed by atoms with Crippen molar-refractivity contribution in [2.75, 3.05) is 19.1 Å². The average Bonchev–Trinajstić information content (AvgIpc) is 2.53. The molecule has 0 aromatic heterocycles. The zero-order valence-electron chi connectivity index (χ0n) is 12.0. The number of halogens is 1. The molecular weight excluding hydrogens is 322 g/mol. The predicted octanol–water partition coefficient (Wildman–Crippen LogP) is 3.56. The van der Waals surface area contributed by atoms with Crippen LogP contribution >= 0.6 is 23.4 Å². The van der Waals surface area contributed by atoms with E-state index < -0.39 is 4.21 Å². The van der Waals surface area contributed by atoms with E-state index in [-0.39, 0.29) is 11.7 Å². The number of carbonyl (C=O) groups is 1. The summed E-state index contributed by atoms with van der Waals surface area (Å²) in [5, 5.41) is 10.2. The van der Waals surface area contributed by atoms with E-state index in [4.69, 9.17) is 16.3 Å². The molecule has 0 radical (unpaired) electrons. The monoisotopic (exact) mass is 335 g/mol. The lowest BCUT2D eigenvalue weighted by molar-refractivity contribution is -0.119. The van der Waals surface area contributed by atoms with Gasteiger partial charge < -0.3 is 14.7 Å². The van der Waals surface area contributed by atoms with Crippen LogP contribution in [-0.4, -0.2) is 25.2 Å². The van der Waals surface area contributed by atoms with E-state index in [1.165, 1.54) is 29.8 Å². The van der Waals surface area contributed by atoms with E-state index in [1.54, 1.807) is 19.2 Å². The van der Waals surface area contributed by atoms with Crippen LogP contribution in [0.15, 0.2) is 47.4 Å². The van der Waals surface area contributed by atoms with Crippen LogP contribution in [0.1, 0.15) is 5.56 Å². The summed E-state index contributed by atoms with van der Waals surface area (Å²) in [4.78, 5) is 15.2. The molecule has 2 aromatic carbocycles. The van der Waals surface area contributed by atoms with E-state index in [2.05, 4.69) is 0 Å². The fourth-order valence-corrected chi connectivity index (χ4v) is 4.20. The fourth-order valence-electron chi connectivity index (χ4n) is 2.41. The van der Waals surface area contributed by atoms with Crippen LogP contribution < -0.4 is 9.64 Å². The molecule has 3 rings (SSSR count). The maximum absolute atomic E-state index is 12.8. The van der Waals surface area contributed by atoms with Crippen LogP contribution in [0.3, 0.4) is 0 Å². The van der Waals surface area contributed by atoms with Crippen molar-refractivity contribution >= 4 is 35.0 Å². The molecule has 22 heavy (non-hydrogen) atoms. The van der Waals surface area contributed by atoms with E-state index in [0.717, 1.165) is 10.6 Å². The largest absolute Gasteiger partial charge is 0.508 e. The van der Waals surface area contributed by atoms with Gasteiger partial charge in [0.05, 0.1) is 12.8 Å². The summed E-state index contributed by atoms with van der Waals surface area (Å²) >= 11 is 7.88. The molecule has 114 valence electrons. The van der Waals surface area contributed by atoms with Gasteiger partial charge in [0.25, 0.3) is 5.91 Å². The Bertz CT molecular complexity index is 752. The zero-order valence-corrected chi connectivity index (χ0v) is 13.6. The Morgan fingerprint density at radius 1 is 1.27 bits per heavy atom. The standard InChI is InChI=1S/C16H14ClNO3S/c1-18-12-5-3-4-6-14(12)22-16(17,15(18)20)11-9-10(21-2)7-8-13(11)19/h3-9,19H,1-2H3. The van der Waals surface area contributed by atoms with Gasteiger partial charge in [-0.05, 0) is 30.3 Å². The first kappa shape index (κ1) is 15.1. The number of carbonyl (C=O) groups excluding carboxylic acids is 1. The predicted molar refractivity (Wildman–Crippen MR) is 87.9 cm³/mol. The van der Waals surface area contributed by atoms with Crippen LogP contribution in [-0.2, 0) is 9.00 Å².